The number of aryl methyl sites for hydroxylation is 1. The number of aromatic nitrogens is 4. The molecule has 0 bridgehead atoms. The molecule has 0 aliphatic carbocycles. The number of nitrogens with zero attached hydrogens (tertiary/aromatic N) is 4. The molecule has 0 aliphatic heterocycles. The summed E-state index contributed by atoms with van der Waals surface area (Å²) in [5.74, 6) is -0.542. The van der Waals surface area contributed by atoms with Gasteiger partial charge in [0.25, 0.3) is 11.5 Å². The van der Waals surface area contributed by atoms with E-state index in [9.17, 15) is 14.4 Å². The number of fused-ring (bicyclic) bond motifs is 1. The van der Waals surface area contributed by atoms with E-state index in [0.29, 0.717) is 21.2 Å². The van der Waals surface area contributed by atoms with E-state index in [2.05, 4.69) is 36.6 Å². The first-order valence-corrected chi connectivity index (χ1v) is 8.85. The van der Waals surface area contributed by atoms with Crippen LogP contribution in [-0.4, -0.2) is 38.2 Å². The van der Waals surface area contributed by atoms with Crippen molar-refractivity contribution in [3.63, 3.8) is 0 Å². The molecule has 0 aliphatic rings. The lowest BCUT2D eigenvalue weighted by atomic mass is 10.1. The zero-order valence-electron chi connectivity index (χ0n) is 14.7. The lowest BCUT2D eigenvalue weighted by Gasteiger charge is -2.08. The van der Waals surface area contributed by atoms with E-state index in [1.54, 1.807) is 38.4 Å². The quantitative estimate of drug-likeness (QED) is 0.611. The van der Waals surface area contributed by atoms with Crippen molar-refractivity contribution in [3.8, 4) is 0 Å². The normalized spacial score (nSPS) is 10.8. The lowest BCUT2D eigenvalue weighted by Crippen LogP contribution is -2.32. The van der Waals surface area contributed by atoms with Crippen molar-refractivity contribution in [3.05, 3.63) is 56.7 Å². The summed E-state index contributed by atoms with van der Waals surface area (Å²) in [7, 11) is 3.24. The lowest BCUT2D eigenvalue weighted by molar-refractivity contribution is -0.121. The molecule has 9 nitrogen and oxygen atoms in total. The molecule has 3 aromatic rings. The maximum Gasteiger partial charge on any atom is 0.266 e. The summed E-state index contributed by atoms with van der Waals surface area (Å²) in [6, 6.07) is 6.94. The van der Waals surface area contributed by atoms with E-state index in [0.717, 1.165) is 5.56 Å². The average Bonchev–Trinajstić information content (AvgIpc) is 2.96. The van der Waals surface area contributed by atoms with Gasteiger partial charge in [0.15, 0.2) is 5.65 Å². The van der Waals surface area contributed by atoms with E-state index in [4.69, 9.17) is 0 Å². The number of carbonyl (C=O) groups is 2. The number of halogens is 1. The molecule has 140 valence electrons. The number of nitrogens with one attached hydrogen (secondary N) is 2. The van der Waals surface area contributed by atoms with Crippen molar-refractivity contribution < 1.29 is 9.59 Å². The minimum absolute atomic E-state index is 0.168. The molecule has 0 saturated heterocycles. The number of rotatable bonds is 5. The molecule has 0 fully saturated rings. The van der Waals surface area contributed by atoms with Crippen LogP contribution in [0, 0.1) is 0 Å². The van der Waals surface area contributed by atoms with Crippen LogP contribution < -0.4 is 16.2 Å². The monoisotopic (exact) mass is 432 g/mol. The van der Waals surface area contributed by atoms with Crippen LogP contribution in [0.2, 0.25) is 0 Å². The van der Waals surface area contributed by atoms with Gasteiger partial charge in [-0.3, -0.25) is 19.0 Å². The molecular weight excluding hydrogens is 416 g/mol. The molecule has 2 amide bonds. The summed E-state index contributed by atoms with van der Waals surface area (Å²) < 4.78 is 3.11. The van der Waals surface area contributed by atoms with Crippen molar-refractivity contribution >= 4 is 38.8 Å². The third kappa shape index (κ3) is 3.90. The first-order valence-electron chi connectivity index (χ1n) is 8.06. The molecule has 0 unspecified atom stereocenters. The van der Waals surface area contributed by atoms with Gasteiger partial charge in [-0.2, -0.15) is 5.10 Å². The molecule has 0 atom stereocenters. The molecule has 0 radical (unpaired) electrons. The van der Waals surface area contributed by atoms with Crippen molar-refractivity contribution in [1.82, 2.24) is 30.0 Å². The van der Waals surface area contributed by atoms with Crippen molar-refractivity contribution in [2.24, 2.45) is 7.05 Å². The highest BCUT2D eigenvalue weighted by molar-refractivity contribution is 9.10. The highest BCUT2D eigenvalue weighted by atomic mass is 79.9. The van der Waals surface area contributed by atoms with Gasteiger partial charge < -0.3 is 10.6 Å². The Kier molecular flexibility index (Phi) is 5.36. The molecule has 0 saturated carbocycles. The number of hydrogen-bond acceptors (Lipinski definition) is 5. The van der Waals surface area contributed by atoms with E-state index < -0.39 is 0 Å². The minimum atomic E-state index is -0.350. The van der Waals surface area contributed by atoms with Crippen LogP contribution in [0.4, 0.5) is 0 Å². The molecule has 27 heavy (non-hydrogen) atoms. The molecule has 1 aromatic carbocycles. The first-order chi connectivity index (χ1) is 12.9. The standard InChI is InChI=1S/C17H17BrN6O3/c1-19-16(26)11-5-3-4-10(6-11)7-20-12(25)8-24-9-21-15-13(17(24)27)14(18)22-23(15)2/h3-6,9H,7-8H2,1-2H3,(H,19,26)(H,20,25). The molecule has 2 heterocycles. The topological polar surface area (TPSA) is 111 Å². The Morgan fingerprint density at radius 2 is 2.07 bits per heavy atom. The molecule has 0 spiro atoms. The Labute approximate surface area is 162 Å². The van der Waals surface area contributed by atoms with Gasteiger partial charge >= 0.3 is 0 Å². The van der Waals surface area contributed by atoms with Crippen LogP contribution in [0.1, 0.15) is 15.9 Å². The smallest absolute Gasteiger partial charge is 0.266 e. The minimum Gasteiger partial charge on any atom is -0.355 e. The van der Waals surface area contributed by atoms with Crippen LogP contribution in [0.25, 0.3) is 11.0 Å². The Morgan fingerprint density at radius 3 is 2.81 bits per heavy atom. The van der Waals surface area contributed by atoms with E-state index in [1.165, 1.54) is 15.6 Å². The second kappa shape index (κ2) is 7.70. The fourth-order valence-electron chi connectivity index (χ4n) is 2.63. The third-order valence-corrected chi connectivity index (χ3v) is 4.54. The summed E-state index contributed by atoms with van der Waals surface area (Å²) in [5, 5.41) is 9.71. The number of amides is 2. The zero-order chi connectivity index (χ0) is 19.6. The Balaban J connectivity index is 1.71. The van der Waals surface area contributed by atoms with E-state index >= 15 is 0 Å². The van der Waals surface area contributed by atoms with Crippen molar-refractivity contribution in [1.29, 1.82) is 0 Å². The van der Waals surface area contributed by atoms with Gasteiger partial charge in [-0.05, 0) is 33.6 Å². The Morgan fingerprint density at radius 1 is 1.30 bits per heavy atom. The maximum atomic E-state index is 12.5. The van der Waals surface area contributed by atoms with Gasteiger partial charge in [0, 0.05) is 26.2 Å². The fraction of sp³-hybridized carbons (Fsp3) is 0.235. The van der Waals surface area contributed by atoms with Gasteiger partial charge in [0.2, 0.25) is 5.91 Å². The largest absolute Gasteiger partial charge is 0.355 e. The molecule has 2 N–H and O–H groups in total. The number of hydrogen-bond donors (Lipinski definition) is 2. The molecule has 10 heteroatoms. The second-order valence-electron chi connectivity index (χ2n) is 5.85. The average molecular weight is 433 g/mol. The third-order valence-electron chi connectivity index (χ3n) is 3.99. The highest BCUT2D eigenvalue weighted by Crippen LogP contribution is 2.16. The summed E-state index contributed by atoms with van der Waals surface area (Å²) in [6.45, 7) is 0.0723. The Bertz CT molecular complexity index is 1090. The summed E-state index contributed by atoms with van der Waals surface area (Å²) in [4.78, 5) is 40.6. The van der Waals surface area contributed by atoms with E-state index in [-0.39, 0.29) is 30.5 Å². The number of carbonyl (C=O) groups excluding carboxylic acids is 2. The highest BCUT2D eigenvalue weighted by Gasteiger charge is 2.15. The van der Waals surface area contributed by atoms with Gasteiger partial charge in [-0.25, -0.2) is 9.67 Å². The summed E-state index contributed by atoms with van der Waals surface area (Å²) in [5.41, 5.74) is 1.38. The van der Waals surface area contributed by atoms with Gasteiger partial charge in [-0.1, -0.05) is 12.1 Å². The summed E-state index contributed by atoms with van der Waals surface area (Å²) in [6.07, 6.45) is 1.32. The van der Waals surface area contributed by atoms with Crippen molar-refractivity contribution in [2.75, 3.05) is 7.05 Å². The van der Waals surface area contributed by atoms with Crippen LogP contribution in [0.3, 0.4) is 0 Å². The zero-order valence-corrected chi connectivity index (χ0v) is 16.3. The number of benzene rings is 1. The predicted molar refractivity (Wildman–Crippen MR) is 102 cm³/mol. The second-order valence-corrected chi connectivity index (χ2v) is 6.60. The van der Waals surface area contributed by atoms with Gasteiger partial charge in [-0.15, -0.1) is 0 Å². The van der Waals surface area contributed by atoms with Gasteiger partial charge in [0.1, 0.15) is 22.9 Å². The van der Waals surface area contributed by atoms with Crippen molar-refractivity contribution in [2.45, 2.75) is 13.1 Å². The van der Waals surface area contributed by atoms with Crippen LogP contribution in [0.5, 0.6) is 0 Å². The van der Waals surface area contributed by atoms with Crippen LogP contribution in [0.15, 0.2) is 40.0 Å². The van der Waals surface area contributed by atoms with Crippen LogP contribution >= 0.6 is 15.9 Å². The molecule has 2 aromatic heterocycles. The molecule has 3 rings (SSSR count). The SMILES string of the molecule is CNC(=O)c1cccc(CNC(=O)Cn2cnc3c(c(Br)nn3C)c2=O)c1. The van der Waals surface area contributed by atoms with Gasteiger partial charge in [0.05, 0.1) is 0 Å². The van der Waals surface area contributed by atoms with Crippen LogP contribution in [-0.2, 0) is 24.9 Å². The Hall–Kier alpha value is -3.01. The van der Waals surface area contributed by atoms with E-state index in [1.807, 2.05) is 0 Å². The maximum absolute atomic E-state index is 12.5. The first kappa shape index (κ1) is 18.8. The fourth-order valence-corrected chi connectivity index (χ4v) is 3.21. The predicted octanol–water partition coefficient (Wildman–Crippen LogP) is 0.568. The summed E-state index contributed by atoms with van der Waals surface area (Å²) >= 11 is 3.24. The molecular formula is C17H17BrN6O3.